The van der Waals surface area contributed by atoms with Gasteiger partial charge in [0, 0.05) is 37.2 Å². The van der Waals surface area contributed by atoms with E-state index in [0.717, 1.165) is 24.8 Å². The first-order chi connectivity index (χ1) is 13.5. The molecule has 6 nitrogen and oxygen atoms in total. The fourth-order valence-corrected chi connectivity index (χ4v) is 5.19. The second kappa shape index (κ2) is 9.42. The molecule has 1 aliphatic carbocycles. The monoisotopic (exact) mass is 400 g/mol. The van der Waals surface area contributed by atoms with Crippen LogP contribution in [0.1, 0.15) is 45.1 Å². The Kier molecular flexibility index (Phi) is 6.95. The lowest BCUT2D eigenvalue weighted by Crippen LogP contribution is -2.51. The van der Waals surface area contributed by atoms with E-state index in [2.05, 4.69) is 24.9 Å². The third kappa shape index (κ3) is 5.05. The Bertz CT molecular complexity index is 730. The summed E-state index contributed by atoms with van der Waals surface area (Å²) in [5.41, 5.74) is 0.929. The third-order valence-electron chi connectivity index (χ3n) is 5.13. The molecule has 7 heteroatoms. The number of hydrogen-bond acceptors (Lipinski definition) is 5. The number of amides is 2. The van der Waals surface area contributed by atoms with Crippen LogP contribution >= 0.6 is 11.8 Å². The van der Waals surface area contributed by atoms with Crippen molar-refractivity contribution in [1.29, 1.82) is 5.26 Å². The summed E-state index contributed by atoms with van der Waals surface area (Å²) in [4.78, 5) is 34.1. The van der Waals surface area contributed by atoms with Crippen molar-refractivity contribution >= 4 is 23.6 Å². The molecule has 2 fully saturated rings. The molecule has 3 rings (SSSR count). The van der Waals surface area contributed by atoms with E-state index < -0.39 is 6.04 Å². The van der Waals surface area contributed by atoms with Gasteiger partial charge in [-0.15, -0.1) is 11.8 Å². The van der Waals surface area contributed by atoms with Crippen LogP contribution in [0, 0.1) is 23.2 Å². The summed E-state index contributed by atoms with van der Waals surface area (Å²) in [7, 11) is 0. The zero-order valence-electron chi connectivity index (χ0n) is 16.6. The lowest BCUT2D eigenvalue weighted by Gasteiger charge is -2.33. The molecule has 0 N–H and O–H groups in total. The molecule has 0 radical (unpaired) electrons. The van der Waals surface area contributed by atoms with E-state index in [1.54, 1.807) is 29.1 Å². The van der Waals surface area contributed by atoms with Crippen LogP contribution in [-0.2, 0) is 16.1 Å². The molecule has 2 unspecified atom stereocenters. The zero-order chi connectivity index (χ0) is 20.1. The zero-order valence-corrected chi connectivity index (χ0v) is 17.4. The largest absolute Gasteiger partial charge is 0.335 e. The number of hydrogen-bond donors (Lipinski definition) is 0. The van der Waals surface area contributed by atoms with Crippen LogP contribution in [0.5, 0.6) is 0 Å². The van der Waals surface area contributed by atoms with E-state index in [1.165, 1.54) is 0 Å². The van der Waals surface area contributed by atoms with Crippen molar-refractivity contribution in [3.8, 4) is 6.07 Å². The minimum atomic E-state index is -0.433. The maximum Gasteiger partial charge on any atom is 0.246 e. The topological polar surface area (TPSA) is 77.3 Å². The number of rotatable bonds is 8. The van der Waals surface area contributed by atoms with E-state index in [-0.39, 0.29) is 29.5 Å². The molecule has 1 aromatic rings. The average molecular weight is 401 g/mol. The van der Waals surface area contributed by atoms with E-state index >= 15 is 0 Å². The van der Waals surface area contributed by atoms with Crippen LogP contribution in [0.2, 0.25) is 0 Å². The summed E-state index contributed by atoms with van der Waals surface area (Å²) in [5, 5.41) is 9.09. The summed E-state index contributed by atoms with van der Waals surface area (Å²) in [6, 6.07) is 5.47. The van der Waals surface area contributed by atoms with Crippen molar-refractivity contribution in [2.45, 2.75) is 57.5 Å². The minimum absolute atomic E-state index is 0.0492. The highest BCUT2D eigenvalue weighted by molar-refractivity contribution is 8.00. The number of pyridine rings is 1. The maximum absolute atomic E-state index is 13.4. The van der Waals surface area contributed by atoms with Gasteiger partial charge in [0.15, 0.2) is 0 Å². The fourth-order valence-electron chi connectivity index (χ4n) is 3.55. The molecular formula is C21H28N4O2S. The first-order valence-corrected chi connectivity index (χ1v) is 11.0. The molecule has 28 heavy (non-hydrogen) atoms. The molecular weight excluding hydrogens is 372 g/mol. The van der Waals surface area contributed by atoms with Gasteiger partial charge in [-0.05, 0) is 36.8 Å². The first-order valence-electron chi connectivity index (χ1n) is 9.99. The van der Waals surface area contributed by atoms with Crippen molar-refractivity contribution in [3.05, 3.63) is 30.1 Å². The predicted octanol–water partition coefficient (Wildman–Crippen LogP) is 3.05. The highest BCUT2D eigenvalue weighted by atomic mass is 32.2. The number of carbonyl (C=O) groups excluding carboxylic acids is 2. The van der Waals surface area contributed by atoms with Gasteiger partial charge in [-0.1, -0.05) is 19.9 Å². The van der Waals surface area contributed by atoms with Crippen molar-refractivity contribution < 1.29 is 9.59 Å². The van der Waals surface area contributed by atoms with Crippen LogP contribution in [-0.4, -0.2) is 50.3 Å². The van der Waals surface area contributed by atoms with Crippen LogP contribution in [0.25, 0.3) is 0 Å². The van der Waals surface area contributed by atoms with Crippen molar-refractivity contribution in [3.63, 3.8) is 0 Å². The highest BCUT2D eigenvalue weighted by Gasteiger charge is 2.47. The van der Waals surface area contributed by atoms with Crippen molar-refractivity contribution in [2.75, 3.05) is 12.3 Å². The van der Waals surface area contributed by atoms with Gasteiger partial charge in [0.2, 0.25) is 11.8 Å². The summed E-state index contributed by atoms with van der Waals surface area (Å²) >= 11 is 1.72. The molecule has 1 aliphatic heterocycles. The fraction of sp³-hybridized carbons (Fsp3) is 0.619. The van der Waals surface area contributed by atoms with Crippen LogP contribution in [0.3, 0.4) is 0 Å². The van der Waals surface area contributed by atoms with Gasteiger partial charge < -0.3 is 9.80 Å². The van der Waals surface area contributed by atoms with E-state index in [9.17, 15) is 9.59 Å². The van der Waals surface area contributed by atoms with Crippen molar-refractivity contribution in [1.82, 2.24) is 14.8 Å². The second-order valence-corrected chi connectivity index (χ2v) is 9.19. The van der Waals surface area contributed by atoms with Gasteiger partial charge in [0.05, 0.1) is 17.9 Å². The minimum Gasteiger partial charge on any atom is -0.335 e. The lowest BCUT2D eigenvalue weighted by molar-refractivity contribution is -0.146. The lowest BCUT2D eigenvalue weighted by atomic mass is 10.1. The smallest absolute Gasteiger partial charge is 0.246 e. The van der Waals surface area contributed by atoms with E-state index in [4.69, 9.17) is 5.26 Å². The Hall–Kier alpha value is -2.07. The molecule has 150 valence electrons. The van der Waals surface area contributed by atoms with Gasteiger partial charge in [0.25, 0.3) is 0 Å². The first kappa shape index (κ1) is 20.7. The molecule has 1 saturated heterocycles. The van der Waals surface area contributed by atoms with Crippen LogP contribution in [0.4, 0.5) is 0 Å². The maximum atomic E-state index is 13.4. The van der Waals surface area contributed by atoms with Crippen molar-refractivity contribution in [2.24, 2.45) is 11.8 Å². The Morgan fingerprint density at radius 1 is 1.43 bits per heavy atom. The number of carbonyl (C=O) groups is 2. The van der Waals surface area contributed by atoms with Gasteiger partial charge in [-0.3, -0.25) is 14.6 Å². The number of aromatic nitrogens is 1. The third-order valence-corrected chi connectivity index (χ3v) is 6.45. The Labute approximate surface area is 171 Å². The summed E-state index contributed by atoms with van der Waals surface area (Å²) in [6.07, 6.45) is 6.48. The predicted molar refractivity (Wildman–Crippen MR) is 109 cm³/mol. The molecule has 1 aromatic heterocycles. The Balaban J connectivity index is 1.79. The quantitative estimate of drug-likeness (QED) is 0.670. The number of nitrogens with zero attached hydrogens (tertiary/aromatic N) is 4. The average Bonchev–Trinajstić information content (AvgIpc) is 3.45. The van der Waals surface area contributed by atoms with Gasteiger partial charge >= 0.3 is 0 Å². The number of nitriles is 1. The molecule has 1 saturated carbocycles. The standard InChI is InChI=1S/C21H28N4O2S/c1-15(2)11-19-25(20(26)17-6-7-17)18(14-28-19)21(27)24(10-4-8-22)13-16-5-3-9-23-12-16/h3,5,9,12,15,17-19H,4,6-7,10-11,13-14H2,1-2H3. The molecule has 2 amide bonds. The normalized spacial score (nSPS) is 21.6. The summed E-state index contributed by atoms with van der Waals surface area (Å²) in [6.45, 7) is 5.08. The van der Waals surface area contributed by atoms with Gasteiger partial charge in [0.1, 0.15) is 6.04 Å². The van der Waals surface area contributed by atoms with Crippen LogP contribution < -0.4 is 0 Å². The van der Waals surface area contributed by atoms with E-state index in [0.29, 0.717) is 24.8 Å². The summed E-state index contributed by atoms with van der Waals surface area (Å²) < 4.78 is 0. The summed E-state index contributed by atoms with van der Waals surface area (Å²) in [5.74, 6) is 1.27. The molecule has 0 spiro atoms. The molecule has 2 heterocycles. The Morgan fingerprint density at radius 3 is 2.82 bits per heavy atom. The van der Waals surface area contributed by atoms with Crippen LogP contribution in [0.15, 0.2) is 24.5 Å². The molecule has 0 aromatic carbocycles. The molecule has 2 atom stereocenters. The highest BCUT2D eigenvalue weighted by Crippen LogP contribution is 2.40. The number of thioether (sulfide) groups is 1. The second-order valence-electron chi connectivity index (χ2n) is 7.98. The molecule has 2 aliphatic rings. The molecule has 0 bridgehead atoms. The van der Waals surface area contributed by atoms with E-state index in [1.807, 2.05) is 17.0 Å². The SMILES string of the molecule is CC(C)CC1SCC(C(=O)N(CCC#N)Cc2cccnc2)N1C(=O)C1CC1. The van der Waals surface area contributed by atoms with Gasteiger partial charge in [-0.2, -0.15) is 5.26 Å². The van der Waals surface area contributed by atoms with Gasteiger partial charge in [-0.25, -0.2) is 0 Å². The Morgan fingerprint density at radius 2 is 2.21 bits per heavy atom.